The van der Waals surface area contributed by atoms with Gasteiger partial charge < -0.3 is 0 Å². The van der Waals surface area contributed by atoms with Gasteiger partial charge in [0.1, 0.15) is 10.8 Å². The van der Waals surface area contributed by atoms with Gasteiger partial charge in [0.15, 0.2) is 0 Å². The number of imidazole rings is 1. The van der Waals surface area contributed by atoms with Crippen molar-refractivity contribution in [3.63, 3.8) is 0 Å². The van der Waals surface area contributed by atoms with Gasteiger partial charge in [0.2, 0.25) is 0 Å². The second-order valence-corrected chi connectivity index (χ2v) is 13.0. The van der Waals surface area contributed by atoms with Gasteiger partial charge in [-0.25, -0.2) is 14.6 Å². The molecule has 0 amide bonds. The van der Waals surface area contributed by atoms with E-state index in [0.29, 0.717) is 17.1 Å². The number of aryl methyl sites for hydroxylation is 1. The molecule has 2 N–H and O–H groups in total. The molecule has 9 heteroatoms. The maximum atomic E-state index is 13.6. The normalized spacial score (nSPS) is 40.2. The van der Waals surface area contributed by atoms with Gasteiger partial charge >= 0.3 is 0 Å². The van der Waals surface area contributed by atoms with Gasteiger partial charge in [-0.05, 0) is 44.4 Å². The summed E-state index contributed by atoms with van der Waals surface area (Å²) in [6.07, 6.45) is 8.58. The molecule has 2 saturated carbocycles. The molecule has 2 aliphatic carbocycles. The monoisotopic (exact) mass is 445 g/mol. The average molecular weight is 446 g/mol. The highest BCUT2D eigenvalue weighted by molar-refractivity contribution is 8.17. The van der Waals surface area contributed by atoms with Gasteiger partial charge in [-0.2, -0.15) is 0 Å². The van der Waals surface area contributed by atoms with Crippen LogP contribution in [-0.2, 0) is 10.8 Å². The Kier molecular flexibility index (Phi) is 3.73. The molecule has 3 fully saturated rings. The third-order valence-electron chi connectivity index (χ3n) is 7.41. The van der Waals surface area contributed by atoms with Gasteiger partial charge in [0.25, 0.3) is 0 Å². The summed E-state index contributed by atoms with van der Waals surface area (Å²) in [6.45, 7) is 2.04. The Morgan fingerprint density at radius 2 is 2.07 bits per heavy atom. The van der Waals surface area contributed by atoms with Crippen molar-refractivity contribution in [2.45, 2.75) is 55.2 Å². The molecular formula is C20H23N5OS3. The van der Waals surface area contributed by atoms with Crippen molar-refractivity contribution in [1.82, 2.24) is 20.0 Å². The Hall–Kier alpha value is -1.16. The van der Waals surface area contributed by atoms with E-state index in [2.05, 4.69) is 30.8 Å². The summed E-state index contributed by atoms with van der Waals surface area (Å²) in [5.41, 5.74) is 6.06. The molecule has 29 heavy (non-hydrogen) atoms. The molecule has 0 spiro atoms. The second-order valence-electron chi connectivity index (χ2n) is 9.02. The maximum Gasteiger partial charge on any atom is 0.124 e. The molecule has 7 atom stereocenters. The van der Waals surface area contributed by atoms with Crippen LogP contribution in [-0.4, -0.2) is 29.5 Å². The number of piperidine rings is 1. The predicted octanol–water partition coefficient (Wildman–Crippen LogP) is 3.43. The molecule has 2 aromatic heterocycles. The summed E-state index contributed by atoms with van der Waals surface area (Å²) in [6, 6.07) is 0.240. The fourth-order valence-corrected chi connectivity index (χ4v) is 10.5. The molecule has 0 radical (unpaired) electrons. The van der Waals surface area contributed by atoms with Crippen LogP contribution < -0.4 is 10.7 Å². The quantitative estimate of drug-likeness (QED) is 0.754. The Balaban J connectivity index is 1.29. The van der Waals surface area contributed by atoms with Crippen LogP contribution in [0, 0.1) is 24.7 Å². The molecule has 0 bridgehead atoms. The largest absolute Gasteiger partial charge is 0.295 e. The lowest BCUT2D eigenvalue weighted by atomic mass is 9.78. The third-order valence-corrected chi connectivity index (χ3v) is 11.8. The second kappa shape index (κ2) is 6.18. The number of hydrogen-bond donors (Lipinski definition) is 2. The van der Waals surface area contributed by atoms with Crippen molar-refractivity contribution in [2.24, 2.45) is 17.8 Å². The number of rotatable bonds is 3. The third kappa shape index (κ3) is 2.53. The van der Waals surface area contributed by atoms with Crippen LogP contribution >= 0.6 is 23.1 Å². The molecule has 7 rings (SSSR count). The standard InChI is InChI=1S/C20H23N5OS3/c1-9-22-8-15-13-7-14(18-21-2-3-27-18)23-19-16(13)17(24-25(9)15)20(28-19)29(26)12-5-10-4-11(10)6-12/h2-3,8,10-14,16,19,23-24H,4-7H2,1H3. The van der Waals surface area contributed by atoms with Crippen LogP contribution in [0.4, 0.5) is 0 Å². The Labute approximate surface area is 180 Å². The van der Waals surface area contributed by atoms with E-state index in [-0.39, 0.29) is 11.4 Å². The molecule has 152 valence electrons. The van der Waals surface area contributed by atoms with Crippen LogP contribution in [0.5, 0.6) is 0 Å². The number of thiazole rings is 1. The number of hydrogen-bond acceptors (Lipinski definition) is 7. The van der Waals surface area contributed by atoms with Gasteiger partial charge in [0, 0.05) is 28.7 Å². The van der Waals surface area contributed by atoms with Crippen molar-refractivity contribution in [3.8, 4) is 0 Å². The molecule has 5 aliphatic rings. The molecule has 2 aromatic rings. The molecule has 3 aliphatic heterocycles. The fourth-order valence-electron chi connectivity index (χ4n) is 5.89. The fraction of sp³-hybridized carbons (Fsp3) is 0.600. The summed E-state index contributed by atoms with van der Waals surface area (Å²) in [5.74, 6) is 3.37. The first-order valence-electron chi connectivity index (χ1n) is 10.5. The van der Waals surface area contributed by atoms with E-state index in [0.717, 1.165) is 46.2 Å². The van der Waals surface area contributed by atoms with Crippen molar-refractivity contribution in [3.05, 3.63) is 44.2 Å². The van der Waals surface area contributed by atoms with Gasteiger partial charge in [0.05, 0.1) is 44.0 Å². The zero-order valence-corrected chi connectivity index (χ0v) is 18.5. The lowest BCUT2D eigenvalue weighted by Crippen LogP contribution is -2.48. The Morgan fingerprint density at radius 3 is 2.86 bits per heavy atom. The van der Waals surface area contributed by atoms with E-state index in [1.165, 1.54) is 17.8 Å². The molecule has 6 nitrogen and oxygen atoms in total. The molecule has 1 saturated heterocycles. The maximum absolute atomic E-state index is 13.6. The van der Waals surface area contributed by atoms with Crippen LogP contribution in [0.25, 0.3) is 0 Å². The number of aromatic nitrogens is 3. The minimum absolute atomic E-state index is 0.240. The highest BCUT2D eigenvalue weighted by Crippen LogP contribution is 2.58. The highest BCUT2D eigenvalue weighted by atomic mass is 32.2. The first kappa shape index (κ1) is 17.5. The van der Waals surface area contributed by atoms with E-state index in [4.69, 9.17) is 0 Å². The molecular weight excluding hydrogens is 422 g/mol. The van der Waals surface area contributed by atoms with Crippen molar-refractivity contribution in [1.29, 1.82) is 0 Å². The number of nitrogens with one attached hydrogen (secondary N) is 2. The molecule has 5 heterocycles. The first-order chi connectivity index (χ1) is 14.2. The Morgan fingerprint density at radius 1 is 1.21 bits per heavy atom. The highest BCUT2D eigenvalue weighted by Gasteiger charge is 2.54. The summed E-state index contributed by atoms with van der Waals surface area (Å²) < 4.78 is 16.8. The number of thioether (sulfide) groups is 1. The minimum Gasteiger partial charge on any atom is -0.295 e. The predicted molar refractivity (Wildman–Crippen MR) is 116 cm³/mol. The topological polar surface area (TPSA) is 71.8 Å². The first-order valence-corrected chi connectivity index (χ1v) is 13.4. The zero-order valence-electron chi connectivity index (χ0n) is 16.1. The summed E-state index contributed by atoms with van der Waals surface area (Å²) in [4.78, 5) is 9.17. The summed E-state index contributed by atoms with van der Waals surface area (Å²) in [7, 11) is -0.915. The van der Waals surface area contributed by atoms with Crippen LogP contribution in [0.15, 0.2) is 27.7 Å². The zero-order chi connectivity index (χ0) is 19.3. The van der Waals surface area contributed by atoms with E-state index in [1.54, 1.807) is 11.3 Å². The smallest absolute Gasteiger partial charge is 0.124 e. The van der Waals surface area contributed by atoms with Crippen molar-refractivity contribution >= 4 is 33.9 Å². The lowest BCUT2D eigenvalue weighted by molar-refractivity contribution is 0.265. The van der Waals surface area contributed by atoms with Gasteiger partial charge in [-0.1, -0.05) is 11.8 Å². The number of nitrogens with zero attached hydrogens (tertiary/aromatic N) is 3. The van der Waals surface area contributed by atoms with Crippen LogP contribution in [0.2, 0.25) is 0 Å². The molecule has 0 aromatic carbocycles. The lowest BCUT2D eigenvalue weighted by Gasteiger charge is -2.42. The van der Waals surface area contributed by atoms with Crippen molar-refractivity contribution in [2.75, 3.05) is 5.43 Å². The van der Waals surface area contributed by atoms with E-state index >= 15 is 0 Å². The van der Waals surface area contributed by atoms with Crippen molar-refractivity contribution < 1.29 is 4.21 Å². The van der Waals surface area contributed by atoms with Crippen LogP contribution in [0.3, 0.4) is 0 Å². The van der Waals surface area contributed by atoms with Crippen LogP contribution in [0.1, 0.15) is 54.2 Å². The average Bonchev–Trinajstić information content (AvgIpc) is 3.25. The van der Waals surface area contributed by atoms with E-state index in [1.807, 2.05) is 31.1 Å². The minimum atomic E-state index is -0.915. The van der Waals surface area contributed by atoms with Gasteiger partial charge in [-0.3, -0.25) is 15.0 Å². The van der Waals surface area contributed by atoms with E-state index < -0.39 is 10.8 Å². The summed E-state index contributed by atoms with van der Waals surface area (Å²) in [5, 5.41) is 7.63. The summed E-state index contributed by atoms with van der Waals surface area (Å²) >= 11 is 3.53. The van der Waals surface area contributed by atoms with Gasteiger partial charge in [-0.15, -0.1) is 11.3 Å². The SMILES string of the molecule is Cc1ncc2n1NC1=C(S(=O)C3CC4CC4C3)SC3NC(c4nccs4)CC2C13. The number of fused-ring (bicyclic) bond motifs is 3. The Bertz CT molecular complexity index is 1040. The van der Waals surface area contributed by atoms with E-state index in [9.17, 15) is 4.21 Å². The molecule has 7 unspecified atom stereocenters.